The number of fused-ring (bicyclic) bond motifs is 1. The maximum absolute atomic E-state index is 13.0. The van der Waals surface area contributed by atoms with E-state index in [2.05, 4.69) is 28.4 Å². The summed E-state index contributed by atoms with van der Waals surface area (Å²) in [6, 6.07) is 15.4. The van der Waals surface area contributed by atoms with Crippen molar-refractivity contribution in [3.63, 3.8) is 0 Å². The van der Waals surface area contributed by atoms with Crippen molar-refractivity contribution in [1.82, 2.24) is 14.5 Å². The molecule has 31 heavy (non-hydrogen) atoms. The van der Waals surface area contributed by atoms with Crippen LogP contribution in [0.5, 0.6) is 0 Å². The number of hydrogen-bond acceptors (Lipinski definition) is 4. The molecule has 1 saturated heterocycles. The molecule has 1 atom stereocenters. The van der Waals surface area contributed by atoms with Crippen molar-refractivity contribution in [2.75, 3.05) is 32.7 Å². The van der Waals surface area contributed by atoms with Crippen molar-refractivity contribution in [1.29, 1.82) is 0 Å². The minimum atomic E-state index is -3.50. The van der Waals surface area contributed by atoms with Gasteiger partial charge in [0.05, 0.1) is 17.5 Å². The van der Waals surface area contributed by atoms with Gasteiger partial charge in [-0.3, -0.25) is 9.69 Å². The molecule has 0 aromatic heterocycles. The summed E-state index contributed by atoms with van der Waals surface area (Å²) in [6.45, 7) is 4.39. The van der Waals surface area contributed by atoms with Crippen LogP contribution in [0.1, 0.15) is 42.0 Å². The summed E-state index contributed by atoms with van der Waals surface area (Å²) >= 11 is 0. The number of carbonyl (C=O) groups is 1. The van der Waals surface area contributed by atoms with E-state index in [1.54, 1.807) is 16.4 Å². The standard InChI is InChI=1S/C24H31N3O3S/c1-19-10-12-21(13-11-19)31(29,30)27-15-5-14-26(16-17-27)18-24(28)25-23-9-4-7-20-6-2-3-8-22(20)23/h2-3,6,8,10-13,23H,4-5,7,9,14-18H2,1H3,(H,25,28)/t23-/m1/s1. The average molecular weight is 442 g/mol. The topological polar surface area (TPSA) is 69.7 Å². The Morgan fingerprint density at radius 2 is 1.77 bits per heavy atom. The van der Waals surface area contributed by atoms with Crippen molar-refractivity contribution >= 4 is 15.9 Å². The third-order valence-corrected chi connectivity index (χ3v) is 8.19. The number of nitrogens with zero attached hydrogens (tertiary/aromatic N) is 2. The zero-order chi connectivity index (χ0) is 21.8. The summed E-state index contributed by atoms with van der Waals surface area (Å²) in [5.41, 5.74) is 3.59. The van der Waals surface area contributed by atoms with Crippen LogP contribution in [-0.2, 0) is 21.2 Å². The first-order valence-electron chi connectivity index (χ1n) is 11.1. The summed E-state index contributed by atoms with van der Waals surface area (Å²) in [5, 5.41) is 3.20. The number of amides is 1. The third-order valence-electron chi connectivity index (χ3n) is 6.28. The van der Waals surface area contributed by atoms with Gasteiger partial charge < -0.3 is 5.32 Å². The lowest BCUT2D eigenvalue weighted by atomic mass is 9.88. The fourth-order valence-electron chi connectivity index (χ4n) is 4.55. The van der Waals surface area contributed by atoms with Crippen molar-refractivity contribution in [2.24, 2.45) is 0 Å². The number of rotatable bonds is 5. The fourth-order valence-corrected chi connectivity index (χ4v) is 6.02. The molecule has 0 radical (unpaired) electrons. The lowest BCUT2D eigenvalue weighted by Gasteiger charge is -2.28. The molecule has 1 amide bonds. The van der Waals surface area contributed by atoms with Gasteiger partial charge in [0, 0.05) is 19.6 Å². The van der Waals surface area contributed by atoms with E-state index in [1.165, 1.54) is 11.1 Å². The molecule has 2 aromatic carbocycles. The van der Waals surface area contributed by atoms with Crippen LogP contribution in [0.3, 0.4) is 0 Å². The van der Waals surface area contributed by atoms with Crippen LogP contribution in [0, 0.1) is 6.92 Å². The number of nitrogens with one attached hydrogen (secondary N) is 1. The Morgan fingerprint density at radius 3 is 2.58 bits per heavy atom. The van der Waals surface area contributed by atoms with Gasteiger partial charge in [0.2, 0.25) is 15.9 Å². The molecular weight excluding hydrogens is 410 g/mol. The van der Waals surface area contributed by atoms with Crippen molar-refractivity contribution < 1.29 is 13.2 Å². The Labute approximate surface area is 185 Å². The van der Waals surface area contributed by atoms with Crippen LogP contribution in [-0.4, -0.2) is 56.3 Å². The lowest BCUT2D eigenvalue weighted by molar-refractivity contribution is -0.123. The van der Waals surface area contributed by atoms with Gasteiger partial charge >= 0.3 is 0 Å². The van der Waals surface area contributed by atoms with Gasteiger partial charge in [-0.25, -0.2) is 8.42 Å². The van der Waals surface area contributed by atoms with Crippen LogP contribution < -0.4 is 5.32 Å². The molecular formula is C24H31N3O3S. The van der Waals surface area contributed by atoms with Gasteiger partial charge in [0.1, 0.15) is 0 Å². The SMILES string of the molecule is Cc1ccc(S(=O)(=O)N2CCCN(CC(=O)N[C@@H]3CCCc4ccccc43)CC2)cc1. The van der Waals surface area contributed by atoms with Gasteiger partial charge in [-0.15, -0.1) is 0 Å². The molecule has 1 aliphatic carbocycles. The van der Waals surface area contributed by atoms with E-state index in [1.807, 2.05) is 25.1 Å². The minimum Gasteiger partial charge on any atom is -0.348 e. The second kappa shape index (κ2) is 9.51. The Hall–Kier alpha value is -2.22. The maximum atomic E-state index is 13.0. The summed E-state index contributed by atoms with van der Waals surface area (Å²) in [5.74, 6) is 0.0107. The van der Waals surface area contributed by atoms with Gasteiger partial charge in [-0.2, -0.15) is 4.31 Å². The Bertz CT molecular complexity index is 1020. The Morgan fingerprint density at radius 1 is 1.00 bits per heavy atom. The number of sulfonamides is 1. The highest BCUT2D eigenvalue weighted by molar-refractivity contribution is 7.89. The summed E-state index contributed by atoms with van der Waals surface area (Å²) in [6.07, 6.45) is 3.83. The van der Waals surface area contributed by atoms with Crippen LogP contribution in [0.2, 0.25) is 0 Å². The third kappa shape index (κ3) is 5.17. The fraction of sp³-hybridized carbons (Fsp3) is 0.458. The molecule has 6 nitrogen and oxygen atoms in total. The first-order valence-corrected chi connectivity index (χ1v) is 12.5. The van der Waals surface area contributed by atoms with Crippen molar-refractivity contribution in [3.8, 4) is 0 Å². The van der Waals surface area contributed by atoms with E-state index in [0.717, 1.165) is 24.8 Å². The number of aryl methyl sites for hydroxylation is 2. The van der Waals surface area contributed by atoms with Gasteiger partial charge in [0.25, 0.3) is 0 Å². The van der Waals surface area contributed by atoms with Crippen LogP contribution >= 0.6 is 0 Å². The van der Waals surface area contributed by atoms with Gasteiger partial charge in [0.15, 0.2) is 0 Å². The minimum absolute atomic E-state index is 0.0107. The lowest BCUT2D eigenvalue weighted by Crippen LogP contribution is -2.41. The summed E-state index contributed by atoms with van der Waals surface area (Å²) < 4.78 is 27.5. The summed E-state index contributed by atoms with van der Waals surface area (Å²) in [4.78, 5) is 15.1. The zero-order valence-corrected chi connectivity index (χ0v) is 18.9. The van der Waals surface area contributed by atoms with Crippen LogP contribution in [0.15, 0.2) is 53.4 Å². The molecule has 0 unspecified atom stereocenters. The molecule has 7 heteroatoms. The molecule has 2 aromatic rings. The molecule has 1 heterocycles. The first kappa shape index (κ1) is 22.0. The number of hydrogen-bond donors (Lipinski definition) is 1. The molecule has 0 spiro atoms. The van der Waals surface area contributed by atoms with Crippen LogP contribution in [0.4, 0.5) is 0 Å². The van der Waals surface area contributed by atoms with Crippen molar-refractivity contribution in [2.45, 2.75) is 43.5 Å². The molecule has 1 N–H and O–H groups in total. The highest BCUT2D eigenvalue weighted by Crippen LogP contribution is 2.29. The van der Waals surface area contributed by atoms with E-state index in [4.69, 9.17) is 0 Å². The largest absolute Gasteiger partial charge is 0.348 e. The smallest absolute Gasteiger partial charge is 0.243 e. The highest BCUT2D eigenvalue weighted by atomic mass is 32.2. The quantitative estimate of drug-likeness (QED) is 0.775. The van der Waals surface area contributed by atoms with Gasteiger partial charge in [-0.05, 0) is 62.4 Å². The predicted octanol–water partition coefficient (Wildman–Crippen LogP) is 2.89. The van der Waals surface area contributed by atoms with Crippen molar-refractivity contribution in [3.05, 3.63) is 65.2 Å². The molecule has 1 fully saturated rings. The number of carbonyl (C=O) groups excluding carboxylic acids is 1. The maximum Gasteiger partial charge on any atom is 0.243 e. The molecule has 4 rings (SSSR count). The number of benzene rings is 2. The normalized spacial score (nSPS) is 20.6. The second-order valence-corrected chi connectivity index (χ2v) is 10.5. The van der Waals surface area contributed by atoms with E-state index in [-0.39, 0.29) is 11.9 Å². The molecule has 166 valence electrons. The van der Waals surface area contributed by atoms with Crippen LogP contribution in [0.25, 0.3) is 0 Å². The molecule has 0 saturated carbocycles. The average Bonchev–Trinajstić information content (AvgIpc) is 3.00. The Balaban J connectivity index is 1.34. The van der Waals surface area contributed by atoms with E-state index in [9.17, 15) is 13.2 Å². The van der Waals surface area contributed by atoms with Gasteiger partial charge in [-0.1, -0.05) is 42.0 Å². The van der Waals surface area contributed by atoms with E-state index in [0.29, 0.717) is 44.0 Å². The monoisotopic (exact) mass is 441 g/mol. The highest BCUT2D eigenvalue weighted by Gasteiger charge is 2.28. The van der Waals surface area contributed by atoms with E-state index >= 15 is 0 Å². The first-order chi connectivity index (χ1) is 14.9. The van der Waals surface area contributed by atoms with E-state index < -0.39 is 10.0 Å². The molecule has 1 aliphatic heterocycles. The zero-order valence-electron chi connectivity index (χ0n) is 18.1. The second-order valence-electron chi connectivity index (χ2n) is 8.56. The predicted molar refractivity (Wildman–Crippen MR) is 121 cm³/mol. The summed E-state index contributed by atoms with van der Waals surface area (Å²) in [7, 11) is -3.50. The molecule has 0 bridgehead atoms. The Kier molecular flexibility index (Phi) is 6.74. The molecule has 2 aliphatic rings.